The van der Waals surface area contributed by atoms with Gasteiger partial charge in [0.15, 0.2) is 0 Å². The zero-order chi connectivity index (χ0) is 9.30. The molecule has 64 valence electrons. The van der Waals surface area contributed by atoms with Crippen molar-refractivity contribution in [2.24, 2.45) is 0 Å². The van der Waals surface area contributed by atoms with E-state index >= 15 is 0 Å². The summed E-state index contributed by atoms with van der Waals surface area (Å²) in [6.07, 6.45) is 0. The van der Waals surface area contributed by atoms with Gasteiger partial charge in [0.2, 0.25) is 0 Å². The van der Waals surface area contributed by atoms with E-state index in [0.29, 0.717) is 15.0 Å². The molecule has 0 unspecified atom stereocenters. The highest BCUT2D eigenvalue weighted by molar-refractivity contribution is 9.10. The number of hydrogen-bond acceptors (Lipinski definition) is 2. The van der Waals surface area contributed by atoms with Gasteiger partial charge in [0, 0.05) is 9.50 Å². The van der Waals surface area contributed by atoms with Crippen LogP contribution in [-0.4, -0.2) is 17.2 Å². The van der Waals surface area contributed by atoms with Crippen molar-refractivity contribution >= 4 is 40.1 Å². The maximum atomic E-state index is 8.89. The summed E-state index contributed by atoms with van der Waals surface area (Å²) >= 11 is 8.99. The first-order valence-corrected chi connectivity index (χ1v) is 4.51. The van der Waals surface area contributed by atoms with E-state index in [1.54, 1.807) is 6.07 Å². The van der Waals surface area contributed by atoms with E-state index in [9.17, 15) is 0 Å². The molecular formula is C7H7BBrClO2. The van der Waals surface area contributed by atoms with Gasteiger partial charge in [0.25, 0.3) is 0 Å². The van der Waals surface area contributed by atoms with Gasteiger partial charge in [-0.05, 0) is 30.1 Å². The van der Waals surface area contributed by atoms with Crippen molar-refractivity contribution in [3.8, 4) is 0 Å². The minimum absolute atomic E-state index is 0.380. The number of halogens is 2. The summed E-state index contributed by atoms with van der Waals surface area (Å²) in [6, 6.07) is 3.28. The third-order valence-electron chi connectivity index (χ3n) is 1.56. The fourth-order valence-electron chi connectivity index (χ4n) is 0.860. The summed E-state index contributed by atoms with van der Waals surface area (Å²) in [6.45, 7) is 1.85. The average Bonchev–Trinajstić information content (AvgIpc) is 1.96. The zero-order valence-corrected chi connectivity index (χ0v) is 8.72. The lowest BCUT2D eigenvalue weighted by Gasteiger charge is -2.05. The molecule has 12 heavy (non-hydrogen) atoms. The SMILES string of the molecule is Cc1cc(Br)c(B(O)O)cc1Cl. The van der Waals surface area contributed by atoms with Gasteiger partial charge in [-0.25, -0.2) is 0 Å². The Hall–Kier alpha value is -0.0251. The van der Waals surface area contributed by atoms with Crippen molar-refractivity contribution in [3.63, 3.8) is 0 Å². The summed E-state index contributed by atoms with van der Waals surface area (Å²) in [4.78, 5) is 0. The van der Waals surface area contributed by atoms with Gasteiger partial charge in [-0.3, -0.25) is 0 Å². The molecule has 0 amide bonds. The lowest BCUT2D eigenvalue weighted by molar-refractivity contribution is 0.425. The van der Waals surface area contributed by atoms with Gasteiger partial charge >= 0.3 is 7.12 Å². The summed E-state index contributed by atoms with van der Waals surface area (Å²) in [7, 11) is -1.49. The highest BCUT2D eigenvalue weighted by Crippen LogP contribution is 2.18. The minimum atomic E-state index is -1.49. The van der Waals surface area contributed by atoms with Crippen LogP contribution in [0.1, 0.15) is 5.56 Å². The number of benzene rings is 1. The molecule has 0 aliphatic heterocycles. The molecule has 0 fully saturated rings. The molecule has 2 nitrogen and oxygen atoms in total. The molecule has 0 atom stereocenters. The monoisotopic (exact) mass is 248 g/mol. The second-order valence-corrected chi connectivity index (χ2v) is 3.76. The van der Waals surface area contributed by atoms with Crippen LogP contribution in [-0.2, 0) is 0 Å². The highest BCUT2D eigenvalue weighted by atomic mass is 79.9. The zero-order valence-electron chi connectivity index (χ0n) is 6.38. The largest absolute Gasteiger partial charge is 0.489 e. The molecule has 1 aromatic rings. The lowest BCUT2D eigenvalue weighted by atomic mass is 9.80. The van der Waals surface area contributed by atoms with Crippen LogP contribution in [0.5, 0.6) is 0 Å². The Labute approximate surface area is 84.4 Å². The normalized spacial score (nSPS) is 10.1. The molecule has 0 bridgehead atoms. The maximum Gasteiger partial charge on any atom is 0.489 e. The van der Waals surface area contributed by atoms with Gasteiger partial charge in [-0.2, -0.15) is 0 Å². The summed E-state index contributed by atoms with van der Waals surface area (Å²) in [5, 5.41) is 18.3. The maximum absolute atomic E-state index is 8.89. The number of aryl methyl sites for hydroxylation is 1. The van der Waals surface area contributed by atoms with Crippen LogP contribution in [0.2, 0.25) is 5.02 Å². The van der Waals surface area contributed by atoms with E-state index < -0.39 is 7.12 Å². The molecule has 0 aliphatic rings. The molecule has 2 N–H and O–H groups in total. The van der Waals surface area contributed by atoms with Crippen molar-refractivity contribution in [2.45, 2.75) is 6.92 Å². The van der Waals surface area contributed by atoms with Crippen molar-refractivity contribution in [2.75, 3.05) is 0 Å². The third kappa shape index (κ3) is 2.01. The molecule has 0 aromatic heterocycles. The number of hydrogen-bond donors (Lipinski definition) is 2. The van der Waals surface area contributed by atoms with Crippen LogP contribution in [0.3, 0.4) is 0 Å². The smallest absolute Gasteiger partial charge is 0.423 e. The minimum Gasteiger partial charge on any atom is -0.423 e. The first kappa shape index (κ1) is 10.1. The van der Waals surface area contributed by atoms with Crippen LogP contribution in [0.25, 0.3) is 0 Å². The lowest BCUT2D eigenvalue weighted by Crippen LogP contribution is -2.31. The molecule has 0 aliphatic carbocycles. The summed E-state index contributed by atoms with van der Waals surface area (Å²) in [5.41, 5.74) is 1.28. The Balaban J connectivity index is 3.23. The quantitative estimate of drug-likeness (QED) is 0.731. The molecule has 0 spiro atoms. The fraction of sp³-hybridized carbons (Fsp3) is 0.143. The molecular weight excluding hydrogens is 242 g/mol. The van der Waals surface area contributed by atoms with Crippen molar-refractivity contribution in [1.82, 2.24) is 0 Å². The Morgan fingerprint density at radius 1 is 1.42 bits per heavy atom. The average molecular weight is 249 g/mol. The predicted octanol–water partition coefficient (Wildman–Crippen LogP) is 1.09. The molecule has 0 saturated carbocycles. The summed E-state index contributed by atoms with van der Waals surface area (Å²) < 4.78 is 0.652. The van der Waals surface area contributed by atoms with Gasteiger partial charge in [-0.15, -0.1) is 0 Å². The van der Waals surface area contributed by atoms with Crippen LogP contribution in [0.4, 0.5) is 0 Å². The predicted molar refractivity (Wildman–Crippen MR) is 53.7 cm³/mol. The van der Waals surface area contributed by atoms with Gasteiger partial charge in [0.1, 0.15) is 0 Å². The Kier molecular flexibility index (Phi) is 3.18. The summed E-state index contributed by atoms with van der Waals surface area (Å²) in [5.74, 6) is 0. The molecule has 0 radical (unpaired) electrons. The van der Waals surface area contributed by atoms with E-state index in [4.69, 9.17) is 21.6 Å². The molecule has 1 aromatic carbocycles. The van der Waals surface area contributed by atoms with Crippen molar-refractivity contribution in [1.29, 1.82) is 0 Å². The van der Waals surface area contributed by atoms with Crippen LogP contribution < -0.4 is 5.46 Å². The Morgan fingerprint density at radius 2 is 2.00 bits per heavy atom. The Morgan fingerprint density at radius 3 is 2.50 bits per heavy atom. The van der Waals surface area contributed by atoms with Crippen LogP contribution in [0.15, 0.2) is 16.6 Å². The topological polar surface area (TPSA) is 40.5 Å². The molecule has 0 heterocycles. The van der Waals surface area contributed by atoms with Gasteiger partial charge in [-0.1, -0.05) is 27.5 Å². The van der Waals surface area contributed by atoms with Gasteiger partial charge in [0.05, 0.1) is 0 Å². The first-order chi connectivity index (χ1) is 5.52. The fourth-order valence-corrected chi connectivity index (χ4v) is 1.69. The van der Waals surface area contributed by atoms with Gasteiger partial charge < -0.3 is 10.0 Å². The number of rotatable bonds is 1. The first-order valence-electron chi connectivity index (χ1n) is 3.34. The van der Waals surface area contributed by atoms with E-state index in [1.807, 2.05) is 6.92 Å². The van der Waals surface area contributed by atoms with E-state index in [2.05, 4.69) is 15.9 Å². The van der Waals surface area contributed by atoms with E-state index in [0.717, 1.165) is 5.56 Å². The standard InChI is InChI=1S/C7H7BBrClO2/c1-4-2-6(9)5(8(11)12)3-7(4)10/h2-3,11-12H,1H3. The van der Waals surface area contributed by atoms with E-state index in [1.165, 1.54) is 6.07 Å². The molecule has 1 rings (SSSR count). The molecule has 0 saturated heterocycles. The van der Waals surface area contributed by atoms with Crippen LogP contribution in [0, 0.1) is 6.92 Å². The van der Waals surface area contributed by atoms with Crippen molar-refractivity contribution in [3.05, 3.63) is 27.2 Å². The second-order valence-electron chi connectivity index (χ2n) is 2.50. The van der Waals surface area contributed by atoms with Crippen LogP contribution >= 0.6 is 27.5 Å². The second kappa shape index (κ2) is 3.79. The van der Waals surface area contributed by atoms with E-state index in [-0.39, 0.29) is 0 Å². The molecule has 5 heteroatoms. The highest BCUT2D eigenvalue weighted by Gasteiger charge is 2.15. The third-order valence-corrected chi connectivity index (χ3v) is 2.65. The Bertz CT molecular complexity index is 304. The van der Waals surface area contributed by atoms with Crippen molar-refractivity contribution < 1.29 is 10.0 Å².